The number of carbonyl (C=O) groups is 1. The predicted molar refractivity (Wildman–Crippen MR) is 148 cm³/mol. The molecule has 4 aromatic rings. The number of carbonyl (C=O) groups excluding carboxylic acids is 1. The summed E-state index contributed by atoms with van der Waals surface area (Å²) in [5.41, 5.74) is 4.09. The molecule has 1 N–H and O–H groups in total. The largest absolute Gasteiger partial charge is 0.378 e. The number of hydrogen-bond donors (Lipinski definition) is 1. The molecule has 0 aliphatic carbocycles. The first-order chi connectivity index (χ1) is 18.1. The maximum Gasteiger partial charge on any atom is 0.224 e. The van der Waals surface area contributed by atoms with E-state index in [2.05, 4.69) is 53.4 Å². The van der Waals surface area contributed by atoms with E-state index < -0.39 is 0 Å². The number of amides is 1. The van der Waals surface area contributed by atoms with Gasteiger partial charge in [-0.3, -0.25) is 4.79 Å². The van der Waals surface area contributed by atoms with Crippen LogP contribution in [0.15, 0.2) is 66.0 Å². The van der Waals surface area contributed by atoms with Gasteiger partial charge in [0.25, 0.3) is 0 Å². The number of fused-ring (bicyclic) bond motifs is 1. The summed E-state index contributed by atoms with van der Waals surface area (Å²) in [7, 11) is 0. The normalized spacial score (nSPS) is 13.9. The maximum atomic E-state index is 12.6. The number of hydrogen-bond acceptors (Lipinski definition) is 7. The summed E-state index contributed by atoms with van der Waals surface area (Å²) >= 11 is 1.64. The van der Waals surface area contributed by atoms with Gasteiger partial charge in [-0.25, -0.2) is 14.6 Å². The second-order valence-corrected chi connectivity index (χ2v) is 10.8. The fourth-order valence-electron chi connectivity index (χ4n) is 4.36. The second kappa shape index (κ2) is 11.7. The standard InChI is InChI=1S/C28H32N6O2S/c1-20(2)37-28-31-26(33-14-16-36-17-15-33)24-19-30-34(27(24)32-28)13-12-29-25(35)18-21-8-10-23(11-9-21)22-6-4-3-5-7-22/h3-11,19-20H,12-18H2,1-2H3,(H,29,35). The average Bonchev–Trinajstić information content (AvgIpc) is 3.32. The van der Waals surface area contributed by atoms with Crippen LogP contribution < -0.4 is 10.2 Å². The summed E-state index contributed by atoms with van der Waals surface area (Å²) in [5.74, 6) is 0.897. The first kappa shape index (κ1) is 25.2. The number of anilines is 1. The van der Waals surface area contributed by atoms with Gasteiger partial charge in [0.1, 0.15) is 5.82 Å². The number of thioether (sulfide) groups is 1. The number of aromatic nitrogens is 4. The molecule has 0 bridgehead atoms. The Morgan fingerprint density at radius 1 is 1.03 bits per heavy atom. The van der Waals surface area contributed by atoms with E-state index in [0.29, 0.717) is 38.0 Å². The maximum absolute atomic E-state index is 12.6. The van der Waals surface area contributed by atoms with Crippen LogP contribution in [0.4, 0.5) is 5.82 Å². The van der Waals surface area contributed by atoms with Gasteiger partial charge < -0.3 is 15.0 Å². The van der Waals surface area contributed by atoms with Crippen LogP contribution in [0.1, 0.15) is 19.4 Å². The molecule has 1 fully saturated rings. The molecule has 3 heterocycles. The molecule has 2 aromatic carbocycles. The lowest BCUT2D eigenvalue weighted by molar-refractivity contribution is -0.120. The lowest BCUT2D eigenvalue weighted by Gasteiger charge is -2.28. The monoisotopic (exact) mass is 516 g/mol. The molecule has 0 radical (unpaired) electrons. The van der Waals surface area contributed by atoms with Gasteiger partial charge in [-0.2, -0.15) is 5.10 Å². The van der Waals surface area contributed by atoms with Crippen molar-refractivity contribution >= 4 is 34.5 Å². The Hall–Kier alpha value is -3.43. The van der Waals surface area contributed by atoms with Crippen molar-refractivity contribution in [3.8, 4) is 11.1 Å². The molecule has 1 saturated heterocycles. The van der Waals surface area contributed by atoms with Crippen molar-refractivity contribution in [2.75, 3.05) is 37.7 Å². The van der Waals surface area contributed by atoms with Crippen molar-refractivity contribution in [2.45, 2.75) is 37.2 Å². The zero-order chi connectivity index (χ0) is 25.6. The molecule has 192 valence electrons. The highest BCUT2D eigenvalue weighted by molar-refractivity contribution is 7.99. The number of benzene rings is 2. The number of rotatable bonds is 9. The van der Waals surface area contributed by atoms with Gasteiger partial charge in [0.15, 0.2) is 10.8 Å². The molecular formula is C28H32N6O2S. The Bertz CT molecular complexity index is 1330. The third-order valence-corrected chi connectivity index (χ3v) is 7.04. The minimum atomic E-state index is -0.0105. The average molecular weight is 517 g/mol. The van der Waals surface area contributed by atoms with Gasteiger partial charge in [0.2, 0.25) is 5.91 Å². The molecule has 0 atom stereocenters. The van der Waals surface area contributed by atoms with Crippen molar-refractivity contribution in [2.24, 2.45) is 0 Å². The molecule has 8 nitrogen and oxygen atoms in total. The lowest BCUT2D eigenvalue weighted by atomic mass is 10.0. The van der Waals surface area contributed by atoms with Crippen LogP contribution in [0.25, 0.3) is 22.2 Å². The Kier molecular flexibility index (Phi) is 8.01. The topological polar surface area (TPSA) is 85.2 Å². The second-order valence-electron chi connectivity index (χ2n) is 9.29. The van der Waals surface area contributed by atoms with Crippen LogP contribution in [0, 0.1) is 0 Å². The Morgan fingerprint density at radius 2 is 1.76 bits per heavy atom. The Balaban J connectivity index is 1.23. The van der Waals surface area contributed by atoms with Crippen LogP contribution in [0.2, 0.25) is 0 Å². The van der Waals surface area contributed by atoms with Crippen LogP contribution >= 0.6 is 11.8 Å². The quantitative estimate of drug-likeness (QED) is 0.264. The molecular weight excluding hydrogens is 484 g/mol. The smallest absolute Gasteiger partial charge is 0.224 e. The zero-order valence-corrected chi connectivity index (χ0v) is 22.1. The van der Waals surface area contributed by atoms with Crippen molar-refractivity contribution in [3.63, 3.8) is 0 Å². The van der Waals surface area contributed by atoms with Crippen molar-refractivity contribution < 1.29 is 9.53 Å². The minimum absolute atomic E-state index is 0.0105. The SMILES string of the molecule is CC(C)Sc1nc(N2CCOCC2)c2cnn(CCNC(=O)Cc3ccc(-c4ccccc4)cc3)c2n1. The lowest BCUT2D eigenvalue weighted by Crippen LogP contribution is -2.37. The van der Waals surface area contributed by atoms with Gasteiger partial charge in [-0.15, -0.1) is 0 Å². The van der Waals surface area contributed by atoms with Gasteiger partial charge in [0, 0.05) is 24.9 Å². The van der Waals surface area contributed by atoms with Crippen molar-refractivity contribution in [3.05, 3.63) is 66.4 Å². The molecule has 5 rings (SSSR count). The third-order valence-electron chi connectivity index (χ3n) is 6.18. The first-order valence-corrected chi connectivity index (χ1v) is 13.6. The van der Waals surface area contributed by atoms with E-state index in [4.69, 9.17) is 14.7 Å². The Labute approximate surface area is 221 Å². The first-order valence-electron chi connectivity index (χ1n) is 12.7. The summed E-state index contributed by atoms with van der Waals surface area (Å²) in [6.07, 6.45) is 2.17. The molecule has 0 spiro atoms. The summed E-state index contributed by atoms with van der Waals surface area (Å²) < 4.78 is 7.39. The van der Waals surface area contributed by atoms with Gasteiger partial charge in [0.05, 0.1) is 37.8 Å². The fourth-order valence-corrected chi connectivity index (χ4v) is 5.06. The fraction of sp³-hybridized carbons (Fsp3) is 0.357. The van der Waals surface area contributed by atoms with Crippen molar-refractivity contribution in [1.29, 1.82) is 0 Å². The summed E-state index contributed by atoms with van der Waals surface area (Å²) in [6, 6.07) is 18.4. The van der Waals surface area contributed by atoms with E-state index in [1.54, 1.807) is 11.8 Å². The molecule has 0 saturated carbocycles. The zero-order valence-electron chi connectivity index (χ0n) is 21.3. The predicted octanol–water partition coefficient (Wildman–Crippen LogP) is 4.19. The summed E-state index contributed by atoms with van der Waals surface area (Å²) in [4.78, 5) is 24.5. The third kappa shape index (κ3) is 6.29. The number of morpholine rings is 1. The van der Waals surface area contributed by atoms with E-state index in [1.807, 2.05) is 41.2 Å². The van der Waals surface area contributed by atoms with E-state index in [9.17, 15) is 4.79 Å². The molecule has 9 heteroatoms. The van der Waals surface area contributed by atoms with Gasteiger partial charge in [-0.05, 0) is 16.7 Å². The van der Waals surface area contributed by atoms with Crippen molar-refractivity contribution in [1.82, 2.24) is 25.1 Å². The molecule has 1 aliphatic rings. The molecule has 2 aromatic heterocycles. The van der Waals surface area contributed by atoms with Crippen LogP contribution in [-0.4, -0.2) is 63.8 Å². The molecule has 0 unspecified atom stereocenters. The molecule has 1 amide bonds. The number of nitrogens with zero attached hydrogens (tertiary/aromatic N) is 5. The van der Waals surface area contributed by atoms with Crippen LogP contribution in [-0.2, 0) is 22.5 Å². The van der Waals surface area contributed by atoms with E-state index in [0.717, 1.165) is 46.2 Å². The van der Waals surface area contributed by atoms with E-state index >= 15 is 0 Å². The van der Waals surface area contributed by atoms with Crippen LogP contribution in [0.5, 0.6) is 0 Å². The summed E-state index contributed by atoms with van der Waals surface area (Å²) in [6.45, 7) is 8.25. The van der Waals surface area contributed by atoms with Gasteiger partial charge >= 0.3 is 0 Å². The minimum Gasteiger partial charge on any atom is -0.378 e. The van der Waals surface area contributed by atoms with Crippen LogP contribution in [0.3, 0.4) is 0 Å². The molecule has 37 heavy (non-hydrogen) atoms. The number of ether oxygens (including phenoxy) is 1. The van der Waals surface area contributed by atoms with E-state index in [-0.39, 0.29) is 5.91 Å². The highest BCUT2D eigenvalue weighted by Crippen LogP contribution is 2.29. The number of nitrogens with one attached hydrogen (secondary N) is 1. The van der Waals surface area contributed by atoms with Gasteiger partial charge in [-0.1, -0.05) is 80.2 Å². The van der Waals surface area contributed by atoms with E-state index in [1.165, 1.54) is 5.56 Å². The highest BCUT2D eigenvalue weighted by Gasteiger charge is 2.20. The molecule has 1 aliphatic heterocycles. The Morgan fingerprint density at radius 3 is 2.49 bits per heavy atom. The highest BCUT2D eigenvalue weighted by atomic mass is 32.2. The summed E-state index contributed by atoms with van der Waals surface area (Å²) in [5, 5.41) is 9.66.